The van der Waals surface area contributed by atoms with Crippen LogP contribution in [-0.4, -0.2) is 13.2 Å². The summed E-state index contributed by atoms with van der Waals surface area (Å²) >= 11 is 0. The zero-order valence-corrected chi connectivity index (χ0v) is 21.0. The van der Waals surface area contributed by atoms with Crippen LogP contribution in [0.5, 0.6) is 0 Å². The van der Waals surface area contributed by atoms with Crippen molar-refractivity contribution in [3.63, 3.8) is 0 Å². The van der Waals surface area contributed by atoms with Crippen LogP contribution in [0.3, 0.4) is 0 Å². The molecule has 0 aliphatic heterocycles. The van der Waals surface area contributed by atoms with Crippen LogP contribution >= 0.6 is 0 Å². The average molecular weight is 413 g/mol. The molecule has 1 heteroatoms. The zero-order valence-electron chi connectivity index (χ0n) is 21.0. The lowest BCUT2D eigenvalue weighted by molar-refractivity contribution is 0.00252. The minimum absolute atomic E-state index is 0.400. The van der Waals surface area contributed by atoms with Gasteiger partial charge in [-0.05, 0) is 102 Å². The Morgan fingerprint density at radius 3 is 2.50 bits per heavy atom. The Bertz CT molecular complexity index is 686. The number of ether oxygens (including phenoxy) is 1. The Morgan fingerprint density at radius 1 is 1.03 bits per heavy atom. The molecule has 0 radical (unpaired) electrons. The summed E-state index contributed by atoms with van der Waals surface area (Å²) in [6.07, 6.45) is 18.0. The van der Waals surface area contributed by atoms with Gasteiger partial charge in [0.1, 0.15) is 0 Å². The van der Waals surface area contributed by atoms with Crippen molar-refractivity contribution >= 4 is 0 Å². The molecule has 2 saturated carbocycles. The van der Waals surface area contributed by atoms with Gasteiger partial charge in [-0.2, -0.15) is 0 Å². The minimum atomic E-state index is 0.400. The summed E-state index contributed by atoms with van der Waals surface area (Å²) < 4.78 is 5.76. The van der Waals surface area contributed by atoms with E-state index in [0.29, 0.717) is 16.9 Å². The first-order valence-electron chi connectivity index (χ1n) is 13.1. The van der Waals surface area contributed by atoms with Gasteiger partial charge < -0.3 is 4.74 Å². The van der Waals surface area contributed by atoms with Crippen LogP contribution in [0.15, 0.2) is 23.3 Å². The van der Waals surface area contributed by atoms with Crippen LogP contribution in [0.1, 0.15) is 99.3 Å². The van der Waals surface area contributed by atoms with Gasteiger partial charge in [0.05, 0.1) is 6.10 Å². The smallest absolute Gasteiger partial charge is 0.0574 e. The zero-order chi connectivity index (χ0) is 21.7. The predicted molar refractivity (Wildman–Crippen MR) is 128 cm³/mol. The fraction of sp³-hybridized carbons (Fsp3) is 0.862. The molecule has 0 aromatic carbocycles. The summed E-state index contributed by atoms with van der Waals surface area (Å²) in [4.78, 5) is 0. The van der Waals surface area contributed by atoms with E-state index in [1.165, 1.54) is 57.8 Å². The summed E-state index contributed by atoms with van der Waals surface area (Å²) in [5.74, 6) is 5.03. The second-order valence-corrected chi connectivity index (χ2v) is 12.5. The molecule has 0 N–H and O–H groups in total. The van der Waals surface area contributed by atoms with Gasteiger partial charge in [0.15, 0.2) is 0 Å². The Labute approximate surface area is 187 Å². The van der Waals surface area contributed by atoms with Gasteiger partial charge in [-0.25, -0.2) is 0 Å². The third kappa shape index (κ3) is 3.66. The largest absolute Gasteiger partial charge is 0.381 e. The van der Waals surface area contributed by atoms with Crippen molar-refractivity contribution in [3.05, 3.63) is 23.3 Å². The molecule has 0 saturated heterocycles. The molecule has 1 nitrogen and oxygen atoms in total. The molecule has 0 aromatic heterocycles. The standard InChI is InChI=1S/C29H48O/c1-19(2)20(3)8-9-21(4)25-12-13-26-24-11-10-22-18-23(30-7)14-16-28(22,5)27(24)15-17-29(25,26)6/h11,15,19-23,25-26H,8-10,12-14,16-18H2,1-7H3. The van der Waals surface area contributed by atoms with Crippen molar-refractivity contribution in [3.8, 4) is 0 Å². The Balaban J connectivity index is 1.52. The van der Waals surface area contributed by atoms with Gasteiger partial charge >= 0.3 is 0 Å². The topological polar surface area (TPSA) is 9.23 Å². The van der Waals surface area contributed by atoms with E-state index in [4.69, 9.17) is 4.74 Å². The maximum Gasteiger partial charge on any atom is 0.0574 e. The summed E-state index contributed by atoms with van der Waals surface area (Å²) in [5.41, 5.74) is 4.43. The predicted octanol–water partition coefficient (Wildman–Crippen LogP) is 8.21. The molecule has 4 aliphatic carbocycles. The Hall–Kier alpha value is -0.560. The summed E-state index contributed by atoms with van der Waals surface area (Å²) in [5, 5.41) is 0. The third-order valence-electron chi connectivity index (χ3n) is 10.7. The summed E-state index contributed by atoms with van der Waals surface area (Å²) in [6.45, 7) is 15.0. The van der Waals surface area contributed by atoms with Crippen molar-refractivity contribution < 1.29 is 4.74 Å². The van der Waals surface area contributed by atoms with Crippen LogP contribution in [0.2, 0.25) is 0 Å². The third-order valence-corrected chi connectivity index (χ3v) is 10.7. The van der Waals surface area contributed by atoms with Crippen LogP contribution in [0, 0.1) is 46.3 Å². The fourth-order valence-electron chi connectivity index (χ4n) is 8.06. The lowest BCUT2D eigenvalue weighted by Gasteiger charge is -2.54. The molecule has 8 unspecified atom stereocenters. The van der Waals surface area contributed by atoms with Crippen molar-refractivity contribution in [2.24, 2.45) is 46.3 Å². The first kappa shape index (κ1) is 22.6. The lowest BCUT2D eigenvalue weighted by Crippen LogP contribution is -2.45. The number of methoxy groups -OCH3 is 1. The van der Waals surface area contributed by atoms with Crippen LogP contribution < -0.4 is 0 Å². The van der Waals surface area contributed by atoms with E-state index < -0.39 is 0 Å². The molecular weight excluding hydrogens is 364 g/mol. The van der Waals surface area contributed by atoms with Crippen molar-refractivity contribution in [1.82, 2.24) is 0 Å². The monoisotopic (exact) mass is 412 g/mol. The average Bonchev–Trinajstić information content (AvgIpc) is 3.08. The van der Waals surface area contributed by atoms with E-state index in [2.05, 4.69) is 53.7 Å². The van der Waals surface area contributed by atoms with Gasteiger partial charge in [-0.15, -0.1) is 0 Å². The number of rotatable bonds is 6. The molecule has 30 heavy (non-hydrogen) atoms. The van der Waals surface area contributed by atoms with E-state index in [1.54, 1.807) is 11.1 Å². The Kier molecular flexibility index (Phi) is 6.35. The highest BCUT2D eigenvalue weighted by atomic mass is 16.5. The number of fused-ring (bicyclic) bond motifs is 5. The van der Waals surface area contributed by atoms with Gasteiger partial charge in [0, 0.05) is 7.11 Å². The van der Waals surface area contributed by atoms with Crippen LogP contribution in [0.25, 0.3) is 0 Å². The number of hydrogen-bond donors (Lipinski definition) is 0. The summed E-state index contributed by atoms with van der Waals surface area (Å²) in [7, 11) is 1.91. The minimum Gasteiger partial charge on any atom is -0.381 e. The highest BCUT2D eigenvalue weighted by molar-refractivity contribution is 5.46. The maximum atomic E-state index is 5.76. The molecule has 8 atom stereocenters. The van der Waals surface area contributed by atoms with E-state index in [-0.39, 0.29) is 0 Å². The second kappa shape index (κ2) is 8.42. The normalized spacial score (nSPS) is 42.7. The summed E-state index contributed by atoms with van der Waals surface area (Å²) in [6, 6.07) is 0. The van der Waals surface area contributed by atoms with Gasteiger partial charge in [-0.1, -0.05) is 66.5 Å². The van der Waals surface area contributed by atoms with Crippen molar-refractivity contribution in [2.75, 3.05) is 7.11 Å². The molecule has 2 fully saturated rings. The first-order chi connectivity index (χ1) is 14.2. The van der Waals surface area contributed by atoms with E-state index in [1.807, 2.05) is 7.11 Å². The molecule has 4 aliphatic rings. The molecule has 0 bridgehead atoms. The maximum absolute atomic E-state index is 5.76. The first-order valence-corrected chi connectivity index (χ1v) is 13.1. The molecule has 0 spiro atoms. The number of hydrogen-bond acceptors (Lipinski definition) is 1. The van der Waals surface area contributed by atoms with E-state index in [9.17, 15) is 0 Å². The van der Waals surface area contributed by atoms with Crippen molar-refractivity contribution in [1.29, 1.82) is 0 Å². The number of allylic oxidation sites excluding steroid dienone is 4. The van der Waals surface area contributed by atoms with Gasteiger partial charge in [-0.3, -0.25) is 0 Å². The molecular formula is C29H48O. The van der Waals surface area contributed by atoms with Gasteiger partial charge in [0.2, 0.25) is 0 Å². The highest BCUT2D eigenvalue weighted by Crippen LogP contribution is 2.65. The van der Waals surface area contributed by atoms with Gasteiger partial charge in [0.25, 0.3) is 0 Å². The Morgan fingerprint density at radius 2 is 1.80 bits per heavy atom. The van der Waals surface area contributed by atoms with Crippen molar-refractivity contribution in [2.45, 2.75) is 105 Å². The van der Waals surface area contributed by atoms with Crippen LogP contribution in [0.4, 0.5) is 0 Å². The molecule has 4 rings (SSSR count). The molecule has 0 amide bonds. The van der Waals surface area contributed by atoms with Crippen LogP contribution in [-0.2, 0) is 4.74 Å². The lowest BCUT2D eigenvalue weighted by atomic mass is 9.51. The molecule has 170 valence electrons. The quantitative estimate of drug-likeness (QED) is 0.427. The fourth-order valence-corrected chi connectivity index (χ4v) is 8.06. The molecule has 0 aromatic rings. The highest BCUT2D eigenvalue weighted by Gasteiger charge is 2.55. The van der Waals surface area contributed by atoms with E-state index >= 15 is 0 Å². The molecule has 0 heterocycles. The second-order valence-electron chi connectivity index (χ2n) is 12.5. The SMILES string of the molecule is COC1CCC2(C)C3=CCC4(C)C(CCC4C(C)CCC(C)C(C)C)C3=CCC2C1. The van der Waals surface area contributed by atoms with E-state index in [0.717, 1.165) is 35.5 Å².